The quantitative estimate of drug-likeness (QED) is 0.702. The van der Waals surface area contributed by atoms with Crippen molar-refractivity contribution < 1.29 is 9.53 Å². The van der Waals surface area contributed by atoms with Crippen molar-refractivity contribution in [1.82, 2.24) is 14.9 Å². The number of benzene rings is 1. The van der Waals surface area contributed by atoms with Crippen LogP contribution in [0.3, 0.4) is 0 Å². The smallest absolute Gasteiger partial charge is 0.275 e. The summed E-state index contributed by atoms with van der Waals surface area (Å²) in [6.45, 7) is 1.78. The van der Waals surface area contributed by atoms with Crippen LogP contribution in [0.25, 0.3) is 0 Å². The molecule has 1 amide bonds. The number of halogens is 1. The summed E-state index contributed by atoms with van der Waals surface area (Å²) in [5, 5.41) is 6.40. The van der Waals surface area contributed by atoms with Gasteiger partial charge >= 0.3 is 0 Å². The molecular formula is C17H22ClN5O2. The van der Waals surface area contributed by atoms with Crippen molar-refractivity contribution in [2.45, 2.75) is 6.42 Å². The lowest BCUT2D eigenvalue weighted by Crippen LogP contribution is -2.17. The maximum absolute atomic E-state index is 12.3. The van der Waals surface area contributed by atoms with Gasteiger partial charge in [0.2, 0.25) is 0 Å². The number of rotatable bonds is 8. The molecule has 1 heterocycles. The second-order valence-corrected chi connectivity index (χ2v) is 6.11. The zero-order chi connectivity index (χ0) is 18.2. The van der Waals surface area contributed by atoms with Gasteiger partial charge in [-0.2, -0.15) is 0 Å². The molecule has 0 aliphatic rings. The summed E-state index contributed by atoms with van der Waals surface area (Å²) in [5.74, 6) is 0.771. The van der Waals surface area contributed by atoms with Crippen LogP contribution in [-0.4, -0.2) is 55.1 Å². The van der Waals surface area contributed by atoms with Gasteiger partial charge in [0.15, 0.2) is 0 Å². The van der Waals surface area contributed by atoms with Crippen molar-refractivity contribution in [1.29, 1.82) is 0 Å². The summed E-state index contributed by atoms with van der Waals surface area (Å²) in [6.07, 6.45) is 3.96. The van der Waals surface area contributed by atoms with E-state index in [1.807, 2.05) is 14.1 Å². The van der Waals surface area contributed by atoms with Crippen molar-refractivity contribution >= 4 is 29.0 Å². The first kappa shape index (κ1) is 19.0. The number of nitrogens with zero attached hydrogens (tertiary/aromatic N) is 3. The van der Waals surface area contributed by atoms with E-state index < -0.39 is 0 Å². The van der Waals surface area contributed by atoms with Gasteiger partial charge in [0.05, 0.1) is 25.2 Å². The Labute approximate surface area is 152 Å². The molecule has 0 saturated heterocycles. The number of nitrogens with one attached hydrogen (secondary N) is 2. The highest BCUT2D eigenvalue weighted by Gasteiger charge is 2.12. The largest absolute Gasteiger partial charge is 0.495 e. The molecule has 1 aromatic carbocycles. The van der Waals surface area contributed by atoms with Crippen LogP contribution in [0.5, 0.6) is 5.75 Å². The normalized spacial score (nSPS) is 10.6. The van der Waals surface area contributed by atoms with Crippen LogP contribution in [0, 0.1) is 0 Å². The molecular weight excluding hydrogens is 342 g/mol. The van der Waals surface area contributed by atoms with Crippen LogP contribution in [0.1, 0.15) is 16.9 Å². The third kappa shape index (κ3) is 5.88. The lowest BCUT2D eigenvalue weighted by Gasteiger charge is -2.11. The predicted molar refractivity (Wildman–Crippen MR) is 99.6 cm³/mol. The Hall–Kier alpha value is -2.38. The number of amides is 1. The maximum Gasteiger partial charge on any atom is 0.275 e. The molecule has 134 valence electrons. The second-order valence-electron chi connectivity index (χ2n) is 5.67. The highest BCUT2D eigenvalue weighted by Crippen LogP contribution is 2.27. The summed E-state index contributed by atoms with van der Waals surface area (Å²) in [6, 6.07) is 4.99. The molecule has 0 atom stereocenters. The van der Waals surface area contributed by atoms with Crippen LogP contribution in [0.4, 0.5) is 11.5 Å². The van der Waals surface area contributed by atoms with Crippen molar-refractivity contribution in [2.75, 3.05) is 44.9 Å². The predicted octanol–water partition coefficient (Wildman–Crippen LogP) is 2.75. The van der Waals surface area contributed by atoms with E-state index in [-0.39, 0.29) is 11.6 Å². The molecule has 0 bridgehead atoms. The standard InChI is InChI=1S/C17H22ClN5O2/c1-23(2)8-4-7-19-16-11-20-14(10-21-16)17(24)22-13-9-12(18)5-6-15(13)25-3/h5-6,9-11H,4,7-8H2,1-3H3,(H,19,21)(H,22,24). The van der Waals surface area contributed by atoms with Gasteiger partial charge in [0.25, 0.3) is 5.91 Å². The summed E-state index contributed by atoms with van der Waals surface area (Å²) in [5.41, 5.74) is 0.688. The minimum atomic E-state index is -0.382. The van der Waals surface area contributed by atoms with E-state index in [0.29, 0.717) is 22.3 Å². The molecule has 0 aliphatic carbocycles. The van der Waals surface area contributed by atoms with Gasteiger partial charge in [0, 0.05) is 11.6 Å². The molecule has 2 rings (SSSR count). The van der Waals surface area contributed by atoms with E-state index in [2.05, 4.69) is 25.5 Å². The molecule has 0 fully saturated rings. The molecule has 7 nitrogen and oxygen atoms in total. The molecule has 2 N–H and O–H groups in total. The molecule has 25 heavy (non-hydrogen) atoms. The van der Waals surface area contributed by atoms with E-state index in [9.17, 15) is 4.79 Å². The van der Waals surface area contributed by atoms with Gasteiger partial charge in [-0.15, -0.1) is 0 Å². The summed E-state index contributed by atoms with van der Waals surface area (Å²) >= 11 is 5.96. The van der Waals surface area contributed by atoms with Gasteiger partial charge in [-0.3, -0.25) is 4.79 Å². The minimum Gasteiger partial charge on any atom is -0.495 e. The average molecular weight is 364 g/mol. The Morgan fingerprint density at radius 1 is 1.28 bits per heavy atom. The molecule has 0 aliphatic heterocycles. The molecule has 8 heteroatoms. The van der Waals surface area contributed by atoms with Crippen LogP contribution >= 0.6 is 11.6 Å². The Balaban J connectivity index is 1.95. The number of ether oxygens (including phenoxy) is 1. The number of hydrogen-bond acceptors (Lipinski definition) is 6. The van der Waals surface area contributed by atoms with Gasteiger partial charge < -0.3 is 20.3 Å². The lowest BCUT2D eigenvalue weighted by molar-refractivity contribution is 0.102. The first-order valence-corrected chi connectivity index (χ1v) is 8.23. The van der Waals surface area contributed by atoms with Crippen molar-refractivity contribution in [2.24, 2.45) is 0 Å². The van der Waals surface area contributed by atoms with E-state index in [1.54, 1.807) is 24.4 Å². The van der Waals surface area contributed by atoms with Crippen LogP contribution < -0.4 is 15.4 Å². The Bertz CT molecular complexity index is 707. The summed E-state index contributed by atoms with van der Waals surface area (Å²) < 4.78 is 5.21. The van der Waals surface area contributed by atoms with Gasteiger partial charge in [0.1, 0.15) is 17.3 Å². The third-order valence-corrected chi connectivity index (χ3v) is 3.62. The van der Waals surface area contributed by atoms with Gasteiger partial charge in [-0.05, 0) is 45.3 Å². The van der Waals surface area contributed by atoms with E-state index >= 15 is 0 Å². The zero-order valence-corrected chi connectivity index (χ0v) is 15.3. The number of hydrogen-bond donors (Lipinski definition) is 2. The molecule has 0 spiro atoms. The van der Waals surface area contributed by atoms with Crippen molar-refractivity contribution in [3.63, 3.8) is 0 Å². The minimum absolute atomic E-state index is 0.209. The highest BCUT2D eigenvalue weighted by molar-refractivity contribution is 6.31. The topological polar surface area (TPSA) is 79.4 Å². The monoisotopic (exact) mass is 363 g/mol. The van der Waals surface area contributed by atoms with Crippen LogP contribution in [0.2, 0.25) is 5.02 Å². The molecule has 0 saturated carbocycles. The molecule has 0 radical (unpaired) electrons. The number of anilines is 2. The number of aromatic nitrogens is 2. The maximum atomic E-state index is 12.3. The third-order valence-electron chi connectivity index (χ3n) is 3.38. The Morgan fingerprint density at radius 2 is 2.08 bits per heavy atom. The van der Waals surface area contributed by atoms with Crippen molar-refractivity contribution in [3.05, 3.63) is 41.3 Å². The van der Waals surface area contributed by atoms with Crippen LogP contribution in [-0.2, 0) is 0 Å². The average Bonchev–Trinajstić information content (AvgIpc) is 2.59. The molecule has 2 aromatic rings. The zero-order valence-electron chi connectivity index (χ0n) is 14.5. The second kappa shape index (κ2) is 9.19. The number of methoxy groups -OCH3 is 1. The summed E-state index contributed by atoms with van der Waals surface area (Å²) in [4.78, 5) is 22.8. The number of carbonyl (C=O) groups excluding carboxylic acids is 1. The first-order valence-electron chi connectivity index (χ1n) is 7.85. The number of carbonyl (C=O) groups is 1. The molecule has 0 unspecified atom stereocenters. The van der Waals surface area contributed by atoms with E-state index in [0.717, 1.165) is 19.5 Å². The fourth-order valence-corrected chi connectivity index (χ4v) is 2.28. The lowest BCUT2D eigenvalue weighted by atomic mass is 10.2. The Morgan fingerprint density at radius 3 is 2.72 bits per heavy atom. The summed E-state index contributed by atoms with van der Waals surface area (Å²) in [7, 11) is 5.58. The highest BCUT2D eigenvalue weighted by atomic mass is 35.5. The fraction of sp³-hybridized carbons (Fsp3) is 0.353. The van der Waals surface area contributed by atoms with Crippen molar-refractivity contribution in [3.8, 4) is 5.75 Å². The first-order chi connectivity index (χ1) is 12.0. The van der Waals surface area contributed by atoms with Crippen LogP contribution in [0.15, 0.2) is 30.6 Å². The van der Waals surface area contributed by atoms with E-state index in [4.69, 9.17) is 16.3 Å². The van der Waals surface area contributed by atoms with E-state index in [1.165, 1.54) is 13.3 Å². The van der Waals surface area contributed by atoms with Gasteiger partial charge in [-0.25, -0.2) is 9.97 Å². The van der Waals surface area contributed by atoms with Gasteiger partial charge in [-0.1, -0.05) is 11.6 Å². The Kier molecular flexibility index (Phi) is 6.97. The SMILES string of the molecule is COc1ccc(Cl)cc1NC(=O)c1cnc(NCCCN(C)C)cn1. The molecule has 1 aromatic heterocycles. The fourth-order valence-electron chi connectivity index (χ4n) is 2.11.